The number of nitrogens with one attached hydrogen (secondary N) is 2. The van der Waals surface area contributed by atoms with Crippen LogP contribution in [0.2, 0.25) is 0 Å². The lowest BCUT2D eigenvalue weighted by Crippen LogP contribution is -2.25. The summed E-state index contributed by atoms with van der Waals surface area (Å²) in [5, 5.41) is 6.64. The van der Waals surface area contributed by atoms with E-state index in [1.54, 1.807) is 30.3 Å². The number of carbonyl (C=O) groups is 2. The molecular formula is C20H17N3O3S2. The Bertz CT molecular complexity index is 954. The van der Waals surface area contributed by atoms with E-state index in [0.29, 0.717) is 20.7 Å². The summed E-state index contributed by atoms with van der Waals surface area (Å²) in [6.45, 7) is 1.66. The predicted octanol–water partition coefficient (Wildman–Crippen LogP) is 3.09. The molecule has 6 nitrogen and oxygen atoms in total. The van der Waals surface area contributed by atoms with E-state index in [4.69, 9.17) is 17.0 Å². The summed E-state index contributed by atoms with van der Waals surface area (Å²) >= 11 is 6.19. The molecular weight excluding hydrogens is 394 g/mol. The van der Waals surface area contributed by atoms with E-state index >= 15 is 0 Å². The topological polar surface area (TPSA) is 79.8 Å². The molecule has 0 atom stereocenters. The predicted molar refractivity (Wildman–Crippen MR) is 115 cm³/mol. The molecule has 0 spiro atoms. The number of amides is 2. The minimum atomic E-state index is -0.353. The first-order valence-electron chi connectivity index (χ1n) is 8.37. The van der Waals surface area contributed by atoms with Gasteiger partial charge in [-0.3, -0.25) is 9.59 Å². The number of thiocarbonyl (C=S) groups is 1. The second kappa shape index (κ2) is 9.29. The van der Waals surface area contributed by atoms with Gasteiger partial charge in [0.25, 0.3) is 11.8 Å². The van der Waals surface area contributed by atoms with Crippen molar-refractivity contribution in [2.45, 2.75) is 6.92 Å². The highest BCUT2D eigenvalue weighted by Crippen LogP contribution is 2.26. The second-order valence-electron chi connectivity index (χ2n) is 5.81. The largest absolute Gasteiger partial charge is 0.484 e. The van der Waals surface area contributed by atoms with Gasteiger partial charge in [0.2, 0.25) is 0 Å². The van der Waals surface area contributed by atoms with Gasteiger partial charge in [0.15, 0.2) is 6.61 Å². The molecule has 0 aliphatic carbocycles. The Balaban J connectivity index is 1.51. The van der Waals surface area contributed by atoms with Gasteiger partial charge in [0.05, 0.1) is 10.6 Å². The molecule has 1 aliphatic rings. The Morgan fingerprint density at radius 1 is 1.21 bits per heavy atom. The molecule has 0 bridgehead atoms. The van der Waals surface area contributed by atoms with Crippen molar-refractivity contribution >= 4 is 51.9 Å². The van der Waals surface area contributed by atoms with Crippen LogP contribution in [0.3, 0.4) is 0 Å². The molecule has 8 heteroatoms. The Morgan fingerprint density at radius 3 is 2.57 bits per heavy atom. The molecule has 1 fully saturated rings. The van der Waals surface area contributed by atoms with Crippen molar-refractivity contribution in [3.05, 3.63) is 70.6 Å². The smallest absolute Gasteiger partial charge is 0.277 e. The average Bonchev–Trinajstić information content (AvgIpc) is 3.03. The van der Waals surface area contributed by atoms with Gasteiger partial charge in [-0.2, -0.15) is 5.10 Å². The number of hydrogen-bond acceptors (Lipinski definition) is 6. The fourth-order valence-corrected chi connectivity index (χ4v) is 3.35. The molecule has 1 aliphatic heterocycles. The third-order valence-corrected chi connectivity index (χ3v) is 4.89. The van der Waals surface area contributed by atoms with Crippen molar-refractivity contribution in [3.8, 4) is 5.75 Å². The highest BCUT2D eigenvalue weighted by molar-refractivity contribution is 8.26. The zero-order chi connectivity index (χ0) is 19.9. The van der Waals surface area contributed by atoms with Crippen molar-refractivity contribution in [2.75, 3.05) is 6.61 Å². The lowest BCUT2D eigenvalue weighted by molar-refractivity contribution is -0.123. The number of benzene rings is 2. The maximum absolute atomic E-state index is 11.9. The van der Waals surface area contributed by atoms with Crippen LogP contribution in [0.1, 0.15) is 18.1 Å². The zero-order valence-corrected chi connectivity index (χ0v) is 16.6. The fourth-order valence-electron chi connectivity index (χ4n) is 2.30. The summed E-state index contributed by atoms with van der Waals surface area (Å²) in [7, 11) is 0. The second-order valence-corrected chi connectivity index (χ2v) is 7.53. The third-order valence-electron chi connectivity index (χ3n) is 3.73. The minimum absolute atomic E-state index is 0.154. The van der Waals surface area contributed by atoms with Crippen molar-refractivity contribution in [1.82, 2.24) is 10.7 Å². The number of thioether (sulfide) groups is 1. The quantitative estimate of drug-likeness (QED) is 0.331. The number of ether oxygens (including phenoxy) is 1. The summed E-state index contributed by atoms with van der Waals surface area (Å²) in [5.74, 6) is -0.00697. The van der Waals surface area contributed by atoms with Crippen LogP contribution < -0.4 is 15.5 Å². The first-order chi connectivity index (χ1) is 13.5. The first-order valence-corrected chi connectivity index (χ1v) is 9.60. The molecule has 1 saturated heterocycles. The van der Waals surface area contributed by atoms with Gasteiger partial charge in [-0.1, -0.05) is 66.4 Å². The molecule has 142 valence electrons. The van der Waals surface area contributed by atoms with E-state index in [9.17, 15) is 9.59 Å². The van der Waals surface area contributed by atoms with Crippen LogP contribution in [0.15, 0.2) is 64.6 Å². The third kappa shape index (κ3) is 5.51. The van der Waals surface area contributed by atoms with Gasteiger partial charge in [-0.25, -0.2) is 5.43 Å². The highest BCUT2D eigenvalue weighted by atomic mass is 32.2. The molecule has 0 aromatic heterocycles. The van der Waals surface area contributed by atoms with E-state index in [0.717, 1.165) is 11.1 Å². The molecule has 2 aromatic carbocycles. The molecule has 0 saturated carbocycles. The van der Waals surface area contributed by atoms with E-state index < -0.39 is 0 Å². The lowest BCUT2D eigenvalue weighted by atomic mass is 10.1. The monoisotopic (exact) mass is 411 g/mol. The molecule has 1 heterocycles. The van der Waals surface area contributed by atoms with Crippen LogP contribution in [0.25, 0.3) is 6.08 Å². The minimum Gasteiger partial charge on any atom is -0.484 e. The maximum atomic E-state index is 11.9. The van der Waals surface area contributed by atoms with Crippen LogP contribution in [-0.2, 0) is 9.59 Å². The molecule has 28 heavy (non-hydrogen) atoms. The van der Waals surface area contributed by atoms with Crippen molar-refractivity contribution in [1.29, 1.82) is 0 Å². The van der Waals surface area contributed by atoms with Crippen LogP contribution in [0.4, 0.5) is 0 Å². The Hall–Kier alpha value is -2.97. The van der Waals surface area contributed by atoms with Crippen molar-refractivity contribution in [2.24, 2.45) is 5.10 Å². The van der Waals surface area contributed by atoms with Crippen LogP contribution in [0, 0.1) is 0 Å². The van der Waals surface area contributed by atoms with Crippen molar-refractivity contribution < 1.29 is 14.3 Å². The van der Waals surface area contributed by atoms with Crippen LogP contribution >= 0.6 is 24.0 Å². The number of rotatable bonds is 6. The van der Waals surface area contributed by atoms with Gasteiger partial charge < -0.3 is 10.1 Å². The molecule has 0 radical (unpaired) electrons. The molecule has 0 unspecified atom stereocenters. The Labute approximate surface area is 172 Å². The standard InChI is InChI=1S/C20H17N3O3S2/c1-13(15-5-3-2-4-6-15)22-23-18(24)12-26-16-9-7-14(8-10-16)11-17-19(25)21-20(27)28-17/h2-11H,12H2,1H3,(H,23,24)(H,21,25,27)/b17-11+,22-13-. The maximum Gasteiger partial charge on any atom is 0.277 e. The van der Waals surface area contributed by atoms with Crippen LogP contribution in [0.5, 0.6) is 5.75 Å². The van der Waals surface area contributed by atoms with Gasteiger partial charge in [-0.15, -0.1) is 0 Å². The Morgan fingerprint density at radius 2 is 1.93 bits per heavy atom. The average molecular weight is 412 g/mol. The molecule has 2 N–H and O–H groups in total. The van der Waals surface area contributed by atoms with Crippen LogP contribution in [-0.4, -0.2) is 28.5 Å². The van der Waals surface area contributed by atoms with Gasteiger partial charge in [0.1, 0.15) is 10.1 Å². The number of hydrogen-bond donors (Lipinski definition) is 2. The number of nitrogens with zero attached hydrogens (tertiary/aromatic N) is 1. The summed E-state index contributed by atoms with van der Waals surface area (Å²) in [4.78, 5) is 24.1. The summed E-state index contributed by atoms with van der Waals surface area (Å²) in [6.07, 6.45) is 1.75. The van der Waals surface area contributed by atoms with Crippen molar-refractivity contribution in [3.63, 3.8) is 0 Å². The van der Waals surface area contributed by atoms with Gasteiger partial charge >= 0.3 is 0 Å². The van der Waals surface area contributed by atoms with E-state index in [1.807, 2.05) is 37.3 Å². The Kier molecular flexibility index (Phi) is 6.57. The fraction of sp³-hybridized carbons (Fsp3) is 0.100. The van der Waals surface area contributed by atoms with E-state index in [2.05, 4.69) is 15.8 Å². The SMILES string of the molecule is C/C(=N/NC(=O)COc1ccc(/C=C2/SC(=S)NC2=O)cc1)c1ccccc1. The lowest BCUT2D eigenvalue weighted by Gasteiger charge is -2.06. The van der Waals surface area contributed by atoms with Gasteiger partial charge in [-0.05, 0) is 36.3 Å². The molecule has 2 aromatic rings. The first kappa shape index (κ1) is 19.8. The van der Waals surface area contributed by atoms with Gasteiger partial charge in [0, 0.05) is 0 Å². The number of carbonyl (C=O) groups excluding carboxylic acids is 2. The van der Waals surface area contributed by atoms with E-state index in [1.165, 1.54) is 11.8 Å². The molecule has 2 amide bonds. The summed E-state index contributed by atoms with van der Waals surface area (Å²) in [5.41, 5.74) is 4.95. The summed E-state index contributed by atoms with van der Waals surface area (Å²) in [6, 6.07) is 16.6. The highest BCUT2D eigenvalue weighted by Gasteiger charge is 2.21. The normalized spacial score (nSPS) is 15.5. The summed E-state index contributed by atoms with van der Waals surface area (Å²) < 4.78 is 5.91. The van der Waals surface area contributed by atoms with E-state index in [-0.39, 0.29) is 18.4 Å². The zero-order valence-electron chi connectivity index (χ0n) is 15.0. The molecule has 3 rings (SSSR count). The number of hydrazone groups is 1.